The SMILES string of the molecule is COc1cccc2c1CN(S(=O)(=O)Nc1cccc(-c3nc(N4C5CCC4COC5)sc3-c3ccnc(NC4CC5(C4)CS(O)(O)C5)n3)c1F)C2. The number of rotatable bonds is 9. The molecule has 4 aromatic rings. The van der Waals surface area contributed by atoms with E-state index in [0.717, 1.165) is 41.9 Å². The van der Waals surface area contributed by atoms with E-state index >= 15 is 4.39 Å². The van der Waals surface area contributed by atoms with Crippen molar-refractivity contribution in [2.75, 3.05) is 46.8 Å². The fourth-order valence-electron chi connectivity index (χ4n) is 8.43. The van der Waals surface area contributed by atoms with Gasteiger partial charge in [-0.3, -0.25) is 13.8 Å². The number of nitrogens with one attached hydrogen (secondary N) is 2. The number of benzene rings is 2. The lowest BCUT2D eigenvalue weighted by Crippen LogP contribution is -2.57. The van der Waals surface area contributed by atoms with Crippen molar-refractivity contribution in [3.8, 4) is 27.6 Å². The Morgan fingerprint density at radius 1 is 1.06 bits per heavy atom. The fourth-order valence-corrected chi connectivity index (χ4v) is 13.1. The first-order chi connectivity index (χ1) is 24.5. The molecule has 1 saturated carbocycles. The molecule has 13 nitrogen and oxygen atoms in total. The Balaban J connectivity index is 1.03. The molecule has 9 rings (SSSR count). The largest absolute Gasteiger partial charge is 0.496 e. The molecule has 0 radical (unpaired) electrons. The fraction of sp³-hybridized carbons (Fsp3) is 0.441. The van der Waals surface area contributed by atoms with Crippen LogP contribution in [0.25, 0.3) is 21.8 Å². The van der Waals surface area contributed by atoms with E-state index in [2.05, 4.69) is 19.9 Å². The van der Waals surface area contributed by atoms with Gasteiger partial charge in [-0.05, 0) is 55.5 Å². The van der Waals surface area contributed by atoms with E-state index < -0.39 is 26.6 Å². The number of thiazole rings is 1. The van der Waals surface area contributed by atoms with Crippen LogP contribution in [-0.2, 0) is 28.0 Å². The Kier molecular flexibility index (Phi) is 7.99. The average molecular weight is 756 g/mol. The monoisotopic (exact) mass is 755 g/mol. The molecule has 3 saturated heterocycles. The predicted octanol–water partition coefficient (Wildman–Crippen LogP) is 5.78. The third kappa shape index (κ3) is 5.92. The molecule has 4 N–H and O–H groups in total. The van der Waals surface area contributed by atoms with Crippen LogP contribution in [0.3, 0.4) is 0 Å². The molecule has 6 heterocycles. The lowest BCUT2D eigenvalue weighted by Gasteiger charge is -2.63. The summed E-state index contributed by atoms with van der Waals surface area (Å²) in [5.41, 5.74) is 2.51. The number of hydrogen-bond donors (Lipinski definition) is 4. The third-order valence-corrected chi connectivity index (χ3v) is 15.4. The minimum absolute atomic E-state index is 0.0129. The zero-order valence-electron chi connectivity index (χ0n) is 27.8. The highest BCUT2D eigenvalue weighted by Gasteiger charge is 2.56. The number of anilines is 3. The van der Waals surface area contributed by atoms with Gasteiger partial charge in [0.05, 0.1) is 54.4 Å². The molecule has 2 unspecified atom stereocenters. The van der Waals surface area contributed by atoms with Gasteiger partial charge in [0, 0.05) is 53.4 Å². The second kappa shape index (κ2) is 12.2. The highest BCUT2D eigenvalue weighted by molar-refractivity contribution is 8.25. The van der Waals surface area contributed by atoms with Gasteiger partial charge in [0.1, 0.15) is 5.75 Å². The quantitative estimate of drug-likeness (QED) is 0.164. The Labute approximate surface area is 300 Å². The molecule has 2 aromatic carbocycles. The molecular formula is C34H38FN7O6S3. The summed E-state index contributed by atoms with van der Waals surface area (Å²) >= 11 is 1.43. The molecule has 51 heavy (non-hydrogen) atoms. The van der Waals surface area contributed by atoms with E-state index in [1.54, 1.807) is 37.6 Å². The smallest absolute Gasteiger partial charge is 0.302 e. The van der Waals surface area contributed by atoms with Crippen molar-refractivity contribution in [2.24, 2.45) is 5.41 Å². The van der Waals surface area contributed by atoms with Crippen molar-refractivity contribution in [3.05, 3.63) is 65.6 Å². The Bertz CT molecular complexity index is 2100. The van der Waals surface area contributed by atoms with Gasteiger partial charge in [0.25, 0.3) is 0 Å². The number of ether oxygens (including phenoxy) is 2. The van der Waals surface area contributed by atoms with Crippen LogP contribution in [0, 0.1) is 11.2 Å². The number of fused-ring (bicyclic) bond motifs is 3. The van der Waals surface area contributed by atoms with E-state index in [0.29, 0.717) is 52.7 Å². The number of nitrogens with zero attached hydrogens (tertiary/aromatic N) is 5. The lowest BCUT2D eigenvalue weighted by atomic mass is 9.67. The van der Waals surface area contributed by atoms with Crippen molar-refractivity contribution >= 4 is 48.9 Å². The van der Waals surface area contributed by atoms with Crippen molar-refractivity contribution in [1.82, 2.24) is 19.3 Å². The van der Waals surface area contributed by atoms with Crippen LogP contribution in [0.15, 0.2) is 48.7 Å². The maximum absolute atomic E-state index is 16.6. The highest BCUT2D eigenvalue weighted by Crippen LogP contribution is 2.66. The van der Waals surface area contributed by atoms with Gasteiger partial charge in [-0.2, -0.15) is 23.3 Å². The first kappa shape index (κ1) is 33.3. The predicted molar refractivity (Wildman–Crippen MR) is 195 cm³/mol. The zero-order chi connectivity index (χ0) is 35.1. The molecule has 270 valence electrons. The van der Waals surface area contributed by atoms with E-state index in [-0.39, 0.29) is 47.9 Å². The molecule has 2 atom stereocenters. The summed E-state index contributed by atoms with van der Waals surface area (Å²) in [6.45, 7) is 1.44. The van der Waals surface area contributed by atoms with Gasteiger partial charge in [-0.25, -0.2) is 19.3 Å². The number of hydrogen-bond acceptors (Lipinski definition) is 12. The van der Waals surface area contributed by atoms with Gasteiger partial charge >= 0.3 is 10.2 Å². The van der Waals surface area contributed by atoms with Crippen molar-refractivity contribution in [2.45, 2.75) is 56.9 Å². The minimum Gasteiger partial charge on any atom is -0.496 e. The summed E-state index contributed by atoms with van der Waals surface area (Å²) in [6, 6.07) is 12.3. The molecule has 4 aliphatic heterocycles. The Morgan fingerprint density at radius 3 is 2.57 bits per heavy atom. The van der Waals surface area contributed by atoms with E-state index in [1.165, 1.54) is 21.7 Å². The van der Waals surface area contributed by atoms with Gasteiger partial charge in [-0.15, -0.1) is 0 Å². The molecule has 5 aliphatic rings. The number of aromatic nitrogens is 3. The van der Waals surface area contributed by atoms with Crippen LogP contribution in [-0.4, -0.2) is 86.7 Å². The van der Waals surface area contributed by atoms with E-state index in [9.17, 15) is 17.5 Å². The molecule has 1 spiro atoms. The topological polar surface area (TPSA) is 162 Å². The van der Waals surface area contributed by atoms with Crippen LogP contribution in [0.1, 0.15) is 36.8 Å². The number of halogens is 1. The first-order valence-corrected chi connectivity index (χ1v) is 21.1. The Morgan fingerprint density at radius 2 is 1.82 bits per heavy atom. The summed E-state index contributed by atoms with van der Waals surface area (Å²) in [4.78, 5) is 17.2. The van der Waals surface area contributed by atoms with Gasteiger partial charge < -0.3 is 19.7 Å². The minimum atomic E-state index is -4.14. The van der Waals surface area contributed by atoms with Crippen molar-refractivity contribution in [3.63, 3.8) is 0 Å². The standard InChI is InChI=1S/C34H38FN7O6S3/c1-47-28-7-2-4-20-14-41(15-25(20)28)51(45,46)40-26-6-3-5-24(29(26)35)30-31(49-33(39-30)42-22-8-9-23(42)17-48-16-22)27-10-11-36-32(38-27)37-21-12-34(13-21)18-50(43,44)19-34/h2-7,10-11,21-23,40,43-44H,8-9,12-19H2,1H3,(H,36,37,38). The van der Waals surface area contributed by atoms with Gasteiger partial charge in [0.15, 0.2) is 10.9 Å². The van der Waals surface area contributed by atoms with Gasteiger partial charge in [-0.1, -0.05) is 29.5 Å². The summed E-state index contributed by atoms with van der Waals surface area (Å²) in [5.74, 6) is 1.21. The van der Waals surface area contributed by atoms with Crippen LogP contribution in [0.4, 0.5) is 21.2 Å². The summed E-state index contributed by atoms with van der Waals surface area (Å²) < 4.78 is 78.7. The molecular weight excluding hydrogens is 718 g/mol. The summed E-state index contributed by atoms with van der Waals surface area (Å²) in [6.07, 6.45) is 5.25. The third-order valence-electron chi connectivity index (χ3n) is 10.7. The van der Waals surface area contributed by atoms with Gasteiger partial charge in [0.2, 0.25) is 5.95 Å². The molecule has 2 bridgehead atoms. The normalized spacial score (nSPS) is 24.1. The summed E-state index contributed by atoms with van der Waals surface area (Å²) in [7, 11) is -5.01. The molecule has 2 aromatic heterocycles. The first-order valence-electron chi connectivity index (χ1n) is 16.9. The lowest BCUT2D eigenvalue weighted by molar-refractivity contribution is 0.0906. The second-order valence-electron chi connectivity index (χ2n) is 14.2. The van der Waals surface area contributed by atoms with Crippen LogP contribution in [0.2, 0.25) is 0 Å². The zero-order valence-corrected chi connectivity index (χ0v) is 30.2. The molecule has 0 amide bonds. The van der Waals surface area contributed by atoms with Crippen LogP contribution < -0.4 is 19.7 Å². The maximum Gasteiger partial charge on any atom is 0.302 e. The van der Waals surface area contributed by atoms with Crippen molar-refractivity contribution < 1.29 is 31.4 Å². The number of methoxy groups -OCH3 is 1. The van der Waals surface area contributed by atoms with E-state index in [1.807, 2.05) is 12.1 Å². The highest BCUT2D eigenvalue weighted by atomic mass is 32.3. The molecule has 17 heteroatoms. The number of morpholine rings is 1. The molecule has 1 aliphatic carbocycles. The van der Waals surface area contributed by atoms with Crippen LogP contribution in [0.5, 0.6) is 5.75 Å². The maximum atomic E-state index is 16.6. The Hall–Kier alpha value is -3.58. The van der Waals surface area contributed by atoms with Crippen LogP contribution >= 0.6 is 21.9 Å². The average Bonchev–Trinajstić information content (AvgIpc) is 3.78. The summed E-state index contributed by atoms with van der Waals surface area (Å²) in [5, 5.41) is 4.14. The second-order valence-corrected chi connectivity index (χ2v) is 19.1. The van der Waals surface area contributed by atoms with E-state index in [4.69, 9.17) is 19.4 Å². The molecule has 4 fully saturated rings. The van der Waals surface area contributed by atoms with Crippen molar-refractivity contribution in [1.29, 1.82) is 0 Å².